The molecule has 0 saturated heterocycles. The summed E-state index contributed by atoms with van der Waals surface area (Å²) >= 11 is 5.02. The van der Waals surface area contributed by atoms with Gasteiger partial charge in [0.1, 0.15) is 6.54 Å². The molecule has 0 fully saturated rings. The maximum atomic E-state index is 12.5. The number of nitrogens with zero attached hydrogens (tertiary/aromatic N) is 3. The molecular formula is C16H16BrN3O2S. The van der Waals surface area contributed by atoms with Gasteiger partial charge in [-0.1, -0.05) is 12.1 Å². The standard InChI is InChI=1S/C16H16BrN3O2S/c1-18(9-11-7-8-14(17)23-11)15(21)10-20-13-6-4-3-5-12(13)19(2)16(20)22/h3-8H,9-10H2,1-2H3. The van der Waals surface area contributed by atoms with Crippen molar-refractivity contribution in [1.29, 1.82) is 0 Å². The third-order valence-electron chi connectivity index (χ3n) is 3.79. The van der Waals surface area contributed by atoms with Gasteiger partial charge >= 0.3 is 5.69 Å². The molecule has 0 atom stereocenters. The van der Waals surface area contributed by atoms with Crippen molar-refractivity contribution in [2.75, 3.05) is 7.05 Å². The van der Waals surface area contributed by atoms with Crippen LogP contribution in [0.3, 0.4) is 0 Å². The summed E-state index contributed by atoms with van der Waals surface area (Å²) in [7, 11) is 3.48. The number of hydrogen-bond acceptors (Lipinski definition) is 3. The van der Waals surface area contributed by atoms with E-state index in [0.717, 1.165) is 19.7 Å². The Morgan fingerprint density at radius 1 is 1.22 bits per heavy atom. The predicted octanol–water partition coefficient (Wildman–Crippen LogP) is 2.82. The van der Waals surface area contributed by atoms with Crippen molar-refractivity contribution in [3.8, 4) is 0 Å². The van der Waals surface area contributed by atoms with Crippen LogP contribution in [0.1, 0.15) is 4.88 Å². The van der Waals surface area contributed by atoms with Crippen LogP contribution in [0.15, 0.2) is 45.0 Å². The van der Waals surface area contributed by atoms with Gasteiger partial charge < -0.3 is 4.90 Å². The number of carbonyl (C=O) groups excluding carboxylic acids is 1. The summed E-state index contributed by atoms with van der Waals surface area (Å²) in [6, 6.07) is 11.4. The molecule has 0 N–H and O–H groups in total. The summed E-state index contributed by atoms with van der Waals surface area (Å²) < 4.78 is 4.14. The highest BCUT2D eigenvalue weighted by Gasteiger charge is 2.16. The molecule has 0 aliphatic heterocycles. The van der Waals surface area contributed by atoms with Gasteiger partial charge in [-0.25, -0.2) is 4.79 Å². The molecule has 0 radical (unpaired) electrons. The molecule has 3 aromatic rings. The first-order chi connectivity index (χ1) is 11.0. The molecule has 0 unspecified atom stereocenters. The maximum Gasteiger partial charge on any atom is 0.329 e. The van der Waals surface area contributed by atoms with Crippen LogP contribution in [0, 0.1) is 0 Å². The molecule has 0 aliphatic carbocycles. The van der Waals surface area contributed by atoms with Gasteiger partial charge in [-0.15, -0.1) is 11.3 Å². The van der Waals surface area contributed by atoms with E-state index in [1.165, 1.54) is 4.57 Å². The van der Waals surface area contributed by atoms with Gasteiger partial charge in [0.25, 0.3) is 0 Å². The van der Waals surface area contributed by atoms with E-state index in [0.29, 0.717) is 6.54 Å². The zero-order valence-electron chi connectivity index (χ0n) is 12.8. The van der Waals surface area contributed by atoms with Crippen molar-refractivity contribution < 1.29 is 4.79 Å². The highest BCUT2D eigenvalue weighted by atomic mass is 79.9. The van der Waals surface area contributed by atoms with E-state index in [1.54, 1.807) is 34.9 Å². The van der Waals surface area contributed by atoms with Gasteiger partial charge in [-0.3, -0.25) is 13.9 Å². The molecule has 1 amide bonds. The van der Waals surface area contributed by atoms with Crippen LogP contribution < -0.4 is 5.69 Å². The highest BCUT2D eigenvalue weighted by molar-refractivity contribution is 9.11. The smallest absolute Gasteiger partial charge is 0.329 e. The number of carbonyl (C=O) groups is 1. The van der Waals surface area contributed by atoms with Crippen LogP contribution in [0.5, 0.6) is 0 Å². The van der Waals surface area contributed by atoms with Crippen LogP contribution in [-0.2, 0) is 24.9 Å². The summed E-state index contributed by atoms with van der Waals surface area (Å²) in [5.41, 5.74) is 1.43. The predicted molar refractivity (Wildman–Crippen MR) is 95.7 cm³/mol. The molecule has 3 rings (SSSR count). The van der Waals surface area contributed by atoms with E-state index in [-0.39, 0.29) is 18.1 Å². The monoisotopic (exact) mass is 393 g/mol. The topological polar surface area (TPSA) is 47.2 Å². The normalized spacial score (nSPS) is 11.1. The second-order valence-electron chi connectivity index (χ2n) is 5.37. The third kappa shape index (κ3) is 3.11. The average molecular weight is 394 g/mol. The van der Waals surface area contributed by atoms with E-state index in [4.69, 9.17) is 0 Å². The molecule has 0 bridgehead atoms. The number of imidazole rings is 1. The fourth-order valence-corrected chi connectivity index (χ4v) is 4.07. The van der Waals surface area contributed by atoms with E-state index < -0.39 is 0 Å². The minimum absolute atomic E-state index is 0.0449. The minimum atomic E-state index is -0.174. The van der Waals surface area contributed by atoms with Gasteiger partial charge in [-0.05, 0) is 40.2 Å². The Morgan fingerprint density at radius 2 is 1.91 bits per heavy atom. The van der Waals surface area contributed by atoms with Crippen molar-refractivity contribution in [2.24, 2.45) is 7.05 Å². The second kappa shape index (κ2) is 6.33. The van der Waals surface area contributed by atoms with E-state index >= 15 is 0 Å². The Bertz CT molecular complexity index is 925. The number of thiophene rings is 1. The molecule has 0 saturated carbocycles. The molecule has 1 aromatic carbocycles. The summed E-state index contributed by atoms with van der Waals surface area (Å²) in [5, 5.41) is 0. The molecule has 120 valence electrons. The van der Waals surface area contributed by atoms with Crippen LogP contribution in [-0.4, -0.2) is 27.0 Å². The second-order valence-corrected chi connectivity index (χ2v) is 7.92. The summed E-state index contributed by atoms with van der Waals surface area (Å²) in [6.45, 7) is 0.581. The van der Waals surface area contributed by atoms with Crippen molar-refractivity contribution >= 4 is 44.2 Å². The number of hydrogen-bond donors (Lipinski definition) is 0. The Hall–Kier alpha value is -1.86. The lowest BCUT2D eigenvalue weighted by atomic mass is 10.3. The number of rotatable bonds is 4. The molecule has 0 aliphatic rings. The van der Waals surface area contributed by atoms with Gasteiger partial charge in [0.05, 0.1) is 21.4 Å². The highest BCUT2D eigenvalue weighted by Crippen LogP contribution is 2.23. The summed E-state index contributed by atoms with van der Waals surface area (Å²) in [6.07, 6.45) is 0. The van der Waals surface area contributed by atoms with Gasteiger partial charge in [0.15, 0.2) is 0 Å². The molecule has 5 nitrogen and oxygen atoms in total. The molecule has 7 heteroatoms. The summed E-state index contributed by atoms with van der Waals surface area (Å²) in [5.74, 6) is -0.0898. The van der Waals surface area contributed by atoms with Crippen LogP contribution >= 0.6 is 27.3 Å². The number of fused-ring (bicyclic) bond motifs is 1. The number of halogens is 1. The third-order valence-corrected chi connectivity index (χ3v) is 5.40. The molecule has 2 heterocycles. The zero-order valence-corrected chi connectivity index (χ0v) is 15.2. The fraction of sp³-hybridized carbons (Fsp3) is 0.250. The Morgan fingerprint density at radius 3 is 2.57 bits per heavy atom. The number of aromatic nitrogens is 2. The molecule has 2 aromatic heterocycles. The van der Waals surface area contributed by atoms with E-state index in [2.05, 4.69) is 15.9 Å². The first kappa shape index (κ1) is 16.0. The summed E-state index contributed by atoms with van der Waals surface area (Å²) in [4.78, 5) is 27.6. The van der Waals surface area contributed by atoms with Gasteiger partial charge in [0.2, 0.25) is 5.91 Å². The van der Waals surface area contributed by atoms with Crippen molar-refractivity contribution in [3.63, 3.8) is 0 Å². The lowest BCUT2D eigenvalue weighted by Gasteiger charge is -2.16. The van der Waals surface area contributed by atoms with Gasteiger partial charge in [-0.2, -0.15) is 0 Å². The first-order valence-electron chi connectivity index (χ1n) is 7.10. The quantitative estimate of drug-likeness (QED) is 0.683. The zero-order chi connectivity index (χ0) is 16.6. The lowest BCUT2D eigenvalue weighted by Crippen LogP contribution is -2.33. The van der Waals surface area contributed by atoms with Crippen molar-refractivity contribution in [1.82, 2.24) is 14.0 Å². The number of amides is 1. The number of benzene rings is 1. The average Bonchev–Trinajstić information content (AvgIpc) is 3.04. The number of aryl methyl sites for hydroxylation is 1. The fourth-order valence-electron chi connectivity index (χ4n) is 2.53. The Labute approximate surface area is 145 Å². The van der Waals surface area contributed by atoms with E-state index in [1.807, 2.05) is 36.4 Å². The van der Waals surface area contributed by atoms with Crippen LogP contribution in [0.25, 0.3) is 11.0 Å². The molecule has 0 spiro atoms. The first-order valence-corrected chi connectivity index (χ1v) is 8.71. The van der Waals surface area contributed by atoms with Crippen molar-refractivity contribution in [3.05, 3.63) is 55.5 Å². The Balaban J connectivity index is 1.83. The largest absolute Gasteiger partial charge is 0.339 e. The molecule has 23 heavy (non-hydrogen) atoms. The number of para-hydroxylation sites is 2. The lowest BCUT2D eigenvalue weighted by molar-refractivity contribution is -0.131. The van der Waals surface area contributed by atoms with E-state index in [9.17, 15) is 9.59 Å². The van der Waals surface area contributed by atoms with Crippen molar-refractivity contribution in [2.45, 2.75) is 13.1 Å². The Kier molecular flexibility index (Phi) is 4.41. The van der Waals surface area contributed by atoms with Gasteiger partial charge in [0, 0.05) is 19.0 Å². The van der Waals surface area contributed by atoms with Crippen LogP contribution in [0.2, 0.25) is 0 Å². The SMILES string of the molecule is CN(Cc1ccc(Br)s1)C(=O)Cn1c(=O)n(C)c2ccccc21. The van der Waals surface area contributed by atoms with Crippen LogP contribution in [0.4, 0.5) is 0 Å². The molecular weight excluding hydrogens is 378 g/mol. The minimum Gasteiger partial charge on any atom is -0.339 e. The maximum absolute atomic E-state index is 12.5. The number of likely N-dealkylation sites (N-methyl/N-ethyl adjacent to an activating group) is 1.